The standard InChI is InChI=1S/C22H21FN4O3S/c23-16-6-2-3-7-18(16)27-21(30)15-9-8-14(12-17(15)25-22(27)31)20(29)24-13-19(28)26-10-4-1-5-11-26/h2-3,6-9,12H,1,4-5,10-11,13H2,(H,24,29)(H,25,31). The van der Waals surface area contributed by atoms with E-state index < -0.39 is 17.3 Å². The molecule has 2 aromatic carbocycles. The largest absolute Gasteiger partial charge is 0.343 e. The van der Waals surface area contributed by atoms with Gasteiger partial charge in [-0.3, -0.25) is 14.4 Å². The summed E-state index contributed by atoms with van der Waals surface area (Å²) in [5.41, 5.74) is 0.204. The number of rotatable bonds is 4. The van der Waals surface area contributed by atoms with Gasteiger partial charge in [-0.15, -0.1) is 0 Å². The predicted molar refractivity (Wildman–Crippen MR) is 117 cm³/mol. The molecule has 0 unspecified atom stereocenters. The number of piperidine rings is 1. The van der Waals surface area contributed by atoms with Crippen LogP contribution in [0.25, 0.3) is 16.6 Å². The molecule has 1 aliphatic heterocycles. The molecule has 31 heavy (non-hydrogen) atoms. The van der Waals surface area contributed by atoms with E-state index in [1.54, 1.807) is 11.0 Å². The SMILES string of the molecule is O=C(NCC(=O)N1CCCCC1)c1ccc2c(=O)n(-c3ccccc3F)c(=S)[nH]c2c1. The molecule has 1 aliphatic rings. The first-order valence-electron chi connectivity index (χ1n) is 10.1. The number of para-hydroxylation sites is 1. The van der Waals surface area contributed by atoms with Crippen molar-refractivity contribution in [2.45, 2.75) is 19.3 Å². The number of benzene rings is 2. The van der Waals surface area contributed by atoms with Crippen molar-refractivity contribution >= 4 is 34.9 Å². The maximum atomic E-state index is 14.2. The van der Waals surface area contributed by atoms with E-state index in [4.69, 9.17) is 12.2 Å². The number of fused-ring (bicyclic) bond motifs is 1. The molecule has 1 aromatic heterocycles. The van der Waals surface area contributed by atoms with Crippen molar-refractivity contribution < 1.29 is 14.0 Å². The highest BCUT2D eigenvalue weighted by Gasteiger charge is 2.18. The maximum absolute atomic E-state index is 14.2. The van der Waals surface area contributed by atoms with E-state index in [9.17, 15) is 18.8 Å². The molecule has 7 nitrogen and oxygen atoms in total. The Hall–Kier alpha value is -3.33. The minimum absolute atomic E-state index is 0.0143. The molecule has 1 fully saturated rings. The van der Waals surface area contributed by atoms with E-state index in [-0.39, 0.29) is 33.9 Å². The lowest BCUT2D eigenvalue weighted by Crippen LogP contribution is -2.42. The van der Waals surface area contributed by atoms with Gasteiger partial charge in [0.25, 0.3) is 11.5 Å². The van der Waals surface area contributed by atoms with Gasteiger partial charge < -0.3 is 15.2 Å². The zero-order chi connectivity index (χ0) is 22.0. The number of aromatic nitrogens is 2. The van der Waals surface area contributed by atoms with E-state index in [1.807, 2.05) is 0 Å². The van der Waals surface area contributed by atoms with E-state index >= 15 is 0 Å². The highest BCUT2D eigenvalue weighted by molar-refractivity contribution is 7.71. The number of amides is 2. The van der Waals surface area contributed by atoms with Crippen molar-refractivity contribution in [2.24, 2.45) is 0 Å². The molecule has 0 bridgehead atoms. The van der Waals surface area contributed by atoms with Gasteiger partial charge in [0.1, 0.15) is 5.82 Å². The van der Waals surface area contributed by atoms with Gasteiger partial charge in [-0.05, 0) is 61.8 Å². The number of nitrogens with zero attached hydrogens (tertiary/aromatic N) is 2. The summed E-state index contributed by atoms with van der Waals surface area (Å²) in [7, 11) is 0. The Kier molecular flexibility index (Phi) is 5.94. The van der Waals surface area contributed by atoms with Crippen molar-refractivity contribution in [3.05, 3.63) is 69.0 Å². The van der Waals surface area contributed by atoms with Crippen molar-refractivity contribution in [3.8, 4) is 5.69 Å². The maximum Gasteiger partial charge on any atom is 0.266 e. The minimum Gasteiger partial charge on any atom is -0.343 e. The van der Waals surface area contributed by atoms with Crippen LogP contribution in [0.2, 0.25) is 0 Å². The molecule has 9 heteroatoms. The number of likely N-dealkylation sites (tertiary alicyclic amines) is 1. The summed E-state index contributed by atoms with van der Waals surface area (Å²) in [5, 5.41) is 2.89. The van der Waals surface area contributed by atoms with E-state index in [0.29, 0.717) is 5.52 Å². The summed E-state index contributed by atoms with van der Waals surface area (Å²) in [4.78, 5) is 42.4. The predicted octanol–water partition coefficient (Wildman–Crippen LogP) is 2.93. The van der Waals surface area contributed by atoms with Crippen molar-refractivity contribution in [1.82, 2.24) is 19.8 Å². The molecule has 0 atom stereocenters. The first-order valence-corrected chi connectivity index (χ1v) is 10.5. The molecule has 2 N–H and O–H groups in total. The second-order valence-electron chi connectivity index (χ2n) is 7.41. The second kappa shape index (κ2) is 8.81. The molecule has 1 saturated heterocycles. The third-order valence-corrected chi connectivity index (χ3v) is 5.65. The van der Waals surface area contributed by atoms with Gasteiger partial charge in [-0.2, -0.15) is 0 Å². The third-order valence-electron chi connectivity index (χ3n) is 5.36. The number of hydrogen-bond acceptors (Lipinski definition) is 4. The zero-order valence-corrected chi connectivity index (χ0v) is 17.5. The fraction of sp³-hybridized carbons (Fsp3) is 0.273. The van der Waals surface area contributed by atoms with Crippen LogP contribution < -0.4 is 10.9 Å². The zero-order valence-electron chi connectivity index (χ0n) is 16.7. The minimum atomic E-state index is -0.571. The van der Waals surface area contributed by atoms with Gasteiger partial charge in [0.05, 0.1) is 23.1 Å². The van der Waals surface area contributed by atoms with E-state index in [1.165, 1.54) is 36.4 Å². The first-order chi connectivity index (χ1) is 15.0. The Morgan fingerprint density at radius 2 is 1.84 bits per heavy atom. The first kappa shape index (κ1) is 20.9. The van der Waals surface area contributed by atoms with Crippen LogP contribution >= 0.6 is 12.2 Å². The van der Waals surface area contributed by atoms with E-state index in [0.717, 1.165) is 36.9 Å². The van der Waals surface area contributed by atoms with Crippen LogP contribution in [0.15, 0.2) is 47.3 Å². The number of hydrogen-bond donors (Lipinski definition) is 2. The number of carbonyl (C=O) groups excluding carboxylic acids is 2. The Morgan fingerprint density at radius 3 is 2.58 bits per heavy atom. The Morgan fingerprint density at radius 1 is 1.10 bits per heavy atom. The topological polar surface area (TPSA) is 87.2 Å². The Bertz CT molecular complexity index is 1280. The van der Waals surface area contributed by atoms with Crippen molar-refractivity contribution in [2.75, 3.05) is 19.6 Å². The number of aromatic amines is 1. The Balaban J connectivity index is 1.58. The van der Waals surface area contributed by atoms with Gasteiger partial charge in [-0.25, -0.2) is 8.96 Å². The van der Waals surface area contributed by atoms with Crippen LogP contribution in [0.1, 0.15) is 29.6 Å². The number of H-pyrrole nitrogens is 1. The average Bonchev–Trinajstić information content (AvgIpc) is 2.78. The second-order valence-corrected chi connectivity index (χ2v) is 7.79. The Labute approximate surface area is 182 Å². The smallest absolute Gasteiger partial charge is 0.266 e. The summed E-state index contributed by atoms with van der Waals surface area (Å²) in [6, 6.07) is 10.3. The summed E-state index contributed by atoms with van der Waals surface area (Å²) < 4.78 is 15.3. The number of nitrogens with one attached hydrogen (secondary N) is 2. The summed E-state index contributed by atoms with van der Waals surface area (Å²) in [5.74, 6) is -1.11. The summed E-state index contributed by atoms with van der Waals surface area (Å²) >= 11 is 5.27. The molecule has 4 rings (SSSR count). The van der Waals surface area contributed by atoms with E-state index in [2.05, 4.69) is 10.3 Å². The molecular formula is C22H21FN4O3S. The highest BCUT2D eigenvalue weighted by Crippen LogP contribution is 2.15. The molecular weight excluding hydrogens is 419 g/mol. The van der Waals surface area contributed by atoms with Crippen LogP contribution in [0, 0.1) is 10.6 Å². The lowest BCUT2D eigenvalue weighted by Gasteiger charge is -2.26. The fourth-order valence-electron chi connectivity index (χ4n) is 3.72. The van der Waals surface area contributed by atoms with Gasteiger partial charge in [0, 0.05) is 18.7 Å². The van der Waals surface area contributed by atoms with Crippen molar-refractivity contribution in [1.29, 1.82) is 0 Å². The molecule has 160 valence electrons. The number of carbonyl (C=O) groups is 2. The molecule has 0 aliphatic carbocycles. The van der Waals surface area contributed by atoms with Crippen LogP contribution in [-0.2, 0) is 4.79 Å². The molecule has 2 heterocycles. The lowest BCUT2D eigenvalue weighted by atomic mass is 10.1. The van der Waals surface area contributed by atoms with Crippen LogP contribution in [0.4, 0.5) is 4.39 Å². The third kappa shape index (κ3) is 4.27. The normalized spacial score (nSPS) is 13.9. The van der Waals surface area contributed by atoms with Gasteiger partial charge >= 0.3 is 0 Å². The van der Waals surface area contributed by atoms with Crippen LogP contribution in [0.3, 0.4) is 0 Å². The van der Waals surface area contributed by atoms with Gasteiger partial charge in [-0.1, -0.05) is 12.1 Å². The lowest BCUT2D eigenvalue weighted by molar-refractivity contribution is -0.130. The molecule has 0 spiro atoms. The molecule has 2 amide bonds. The summed E-state index contributed by atoms with van der Waals surface area (Å²) in [6.45, 7) is 1.35. The summed E-state index contributed by atoms with van der Waals surface area (Å²) in [6.07, 6.45) is 3.08. The van der Waals surface area contributed by atoms with Gasteiger partial charge in [0.2, 0.25) is 5.91 Å². The average molecular weight is 441 g/mol. The fourth-order valence-corrected chi connectivity index (χ4v) is 4.02. The van der Waals surface area contributed by atoms with Crippen LogP contribution in [0.5, 0.6) is 0 Å². The van der Waals surface area contributed by atoms with Crippen LogP contribution in [-0.4, -0.2) is 45.9 Å². The molecule has 0 radical (unpaired) electrons. The quantitative estimate of drug-likeness (QED) is 0.611. The molecule has 0 saturated carbocycles. The monoisotopic (exact) mass is 440 g/mol. The van der Waals surface area contributed by atoms with Crippen molar-refractivity contribution in [3.63, 3.8) is 0 Å². The molecule has 3 aromatic rings. The van der Waals surface area contributed by atoms with Gasteiger partial charge in [0.15, 0.2) is 4.77 Å². The number of halogens is 1. The highest BCUT2D eigenvalue weighted by atomic mass is 32.1.